The molecule has 2 aliphatic heterocycles. The number of anilines is 1. The molecule has 2 aliphatic rings. The Balaban J connectivity index is 1.67. The number of nitrogens with zero attached hydrogens (tertiary/aromatic N) is 4. The van der Waals surface area contributed by atoms with E-state index in [1.165, 1.54) is 4.90 Å². The summed E-state index contributed by atoms with van der Waals surface area (Å²) in [5, 5.41) is 2.75. The summed E-state index contributed by atoms with van der Waals surface area (Å²) in [4.78, 5) is 34.6. The minimum atomic E-state index is -0.276. The van der Waals surface area contributed by atoms with Crippen molar-refractivity contribution in [3.8, 4) is 0 Å². The zero-order chi connectivity index (χ0) is 17.1. The van der Waals surface area contributed by atoms with Crippen LogP contribution >= 0.6 is 0 Å². The number of hydrogen-bond acceptors (Lipinski definition) is 4. The number of hydrogen-bond donors (Lipinski definition) is 1. The molecule has 0 unspecified atom stereocenters. The van der Waals surface area contributed by atoms with Crippen molar-refractivity contribution < 1.29 is 9.59 Å². The van der Waals surface area contributed by atoms with Crippen LogP contribution < -0.4 is 5.32 Å². The molecule has 128 valence electrons. The topological polar surface area (TPSA) is 68.8 Å². The van der Waals surface area contributed by atoms with Crippen LogP contribution in [-0.2, 0) is 11.3 Å². The SMILES string of the molecule is C=Cc1cnc2c(c1)CN(CC(=O)N1CCCN(C)CC1)C(=O)N2. The van der Waals surface area contributed by atoms with E-state index in [0.717, 1.165) is 37.2 Å². The fourth-order valence-electron chi connectivity index (χ4n) is 3.02. The molecular formula is C17H23N5O2. The molecule has 0 spiro atoms. The first kappa shape index (κ1) is 16.4. The van der Waals surface area contributed by atoms with Crippen LogP contribution in [0.5, 0.6) is 0 Å². The molecule has 0 aromatic carbocycles. The number of rotatable bonds is 3. The van der Waals surface area contributed by atoms with Gasteiger partial charge in [-0.1, -0.05) is 12.7 Å². The van der Waals surface area contributed by atoms with Crippen LogP contribution in [0.3, 0.4) is 0 Å². The van der Waals surface area contributed by atoms with E-state index in [9.17, 15) is 9.59 Å². The molecule has 0 aliphatic carbocycles. The highest BCUT2D eigenvalue weighted by atomic mass is 16.2. The number of amides is 3. The van der Waals surface area contributed by atoms with Crippen molar-refractivity contribution in [3.05, 3.63) is 30.0 Å². The van der Waals surface area contributed by atoms with E-state index in [-0.39, 0.29) is 18.5 Å². The van der Waals surface area contributed by atoms with Gasteiger partial charge < -0.3 is 14.7 Å². The zero-order valence-electron chi connectivity index (χ0n) is 14.0. The summed E-state index contributed by atoms with van der Waals surface area (Å²) in [6.45, 7) is 7.53. The first-order valence-electron chi connectivity index (χ1n) is 8.20. The van der Waals surface area contributed by atoms with Crippen LogP contribution in [0.15, 0.2) is 18.8 Å². The predicted molar refractivity (Wildman–Crippen MR) is 92.5 cm³/mol. The summed E-state index contributed by atoms with van der Waals surface area (Å²) < 4.78 is 0. The van der Waals surface area contributed by atoms with Crippen LogP contribution in [0.1, 0.15) is 17.5 Å². The van der Waals surface area contributed by atoms with Crippen LogP contribution in [0, 0.1) is 0 Å². The van der Waals surface area contributed by atoms with Crippen LogP contribution in [0.2, 0.25) is 0 Å². The second-order valence-electron chi connectivity index (χ2n) is 6.30. The number of nitrogens with one attached hydrogen (secondary N) is 1. The third kappa shape index (κ3) is 3.56. The maximum atomic E-state index is 12.6. The minimum absolute atomic E-state index is 0.00302. The third-order valence-corrected chi connectivity index (χ3v) is 4.50. The standard InChI is InChI=1S/C17H23N5O2/c1-3-13-9-14-11-22(17(24)19-16(14)18-10-13)12-15(23)21-6-4-5-20(2)7-8-21/h3,9-10H,1,4-8,11-12H2,2H3,(H,18,19,24). The van der Waals surface area contributed by atoms with Crippen molar-refractivity contribution in [1.82, 2.24) is 19.7 Å². The van der Waals surface area contributed by atoms with Gasteiger partial charge in [0.25, 0.3) is 0 Å². The van der Waals surface area contributed by atoms with E-state index in [0.29, 0.717) is 18.9 Å². The summed E-state index contributed by atoms with van der Waals surface area (Å²) in [5.74, 6) is 0.558. The molecule has 0 bridgehead atoms. The minimum Gasteiger partial charge on any atom is -0.340 e. The fraction of sp³-hybridized carbons (Fsp3) is 0.471. The molecule has 3 rings (SSSR count). The molecule has 1 saturated heterocycles. The third-order valence-electron chi connectivity index (χ3n) is 4.50. The molecule has 1 aromatic rings. The normalized spacial score (nSPS) is 18.6. The summed E-state index contributed by atoms with van der Waals surface area (Å²) in [5.41, 5.74) is 1.79. The van der Waals surface area contributed by atoms with Gasteiger partial charge in [0, 0.05) is 31.4 Å². The Kier molecular flexibility index (Phi) is 4.80. The van der Waals surface area contributed by atoms with Crippen molar-refractivity contribution in [3.63, 3.8) is 0 Å². The van der Waals surface area contributed by atoms with Gasteiger partial charge in [-0.15, -0.1) is 0 Å². The van der Waals surface area contributed by atoms with E-state index in [4.69, 9.17) is 0 Å². The molecule has 0 atom stereocenters. The van der Waals surface area contributed by atoms with Gasteiger partial charge >= 0.3 is 6.03 Å². The Morgan fingerprint density at radius 3 is 3.00 bits per heavy atom. The number of pyridine rings is 1. The second kappa shape index (κ2) is 7.00. The van der Waals surface area contributed by atoms with Gasteiger partial charge in [0.2, 0.25) is 5.91 Å². The molecule has 24 heavy (non-hydrogen) atoms. The van der Waals surface area contributed by atoms with Crippen molar-refractivity contribution >= 4 is 23.8 Å². The zero-order valence-corrected chi connectivity index (χ0v) is 14.0. The van der Waals surface area contributed by atoms with Crippen molar-refractivity contribution in [2.24, 2.45) is 0 Å². The van der Waals surface area contributed by atoms with E-state index >= 15 is 0 Å². The van der Waals surface area contributed by atoms with Crippen molar-refractivity contribution in [1.29, 1.82) is 0 Å². The van der Waals surface area contributed by atoms with Gasteiger partial charge in [0.15, 0.2) is 0 Å². The molecular weight excluding hydrogens is 306 g/mol. The fourth-order valence-corrected chi connectivity index (χ4v) is 3.02. The lowest BCUT2D eigenvalue weighted by atomic mass is 10.1. The molecule has 7 heteroatoms. The highest BCUT2D eigenvalue weighted by Gasteiger charge is 2.27. The lowest BCUT2D eigenvalue weighted by Crippen LogP contribution is -2.47. The smallest absolute Gasteiger partial charge is 0.323 e. The number of likely N-dealkylation sites (N-methyl/N-ethyl adjacent to an activating group) is 1. The van der Waals surface area contributed by atoms with Crippen LogP contribution in [0.25, 0.3) is 6.08 Å². The summed E-state index contributed by atoms with van der Waals surface area (Å²) in [6.07, 6.45) is 4.34. The van der Waals surface area contributed by atoms with E-state index < -0.39 is 0 Å². The van der Waals surface area contributed by atoms with Gasteiger partial charge in [0.1, 0.15) is 12.4 Å². The molecule has 7 nitrogen and oxygen atoms in total. The highest BCUT2D eigenvalue weighted by molar-refractivity contribution is 5.94. The second-order valence-corrected chi connectivity index (χ2v) is 6.30. The summed E-state index contributed by atoms with van der Waals surface area (Å²) in [6, 6.07) is 1.66. The Hall–Kier alpha value is -2.41. The highest BCUT2D eigenvalue weighted by Crippen LogP contribution is 2.22. The van der Waals surface area contributed by atoms with Gasteiger partial charge in [-0.05, 0) is 31.6 Å². The largest absolute Gasteiger partial charge is 0.340 e. The van der Waals surface area contributed by atoms with Crippen LogP contribution in [-0.4, -0.2) is 71.4 Å². The Bertz CT molecular complexity index is 660. The summed E-state index contributed by atoms with van der Waals surface area (Å²) in [7, 11) is 2.06. The van der Waals surface area contributed by atoms with Gasteiger partial charge in [-0.2, -0.15) is 0 Å². The lowest BCUT2D eigenvalue weighted by molar-refractivity contribution is -0.131. The number of carbonyl (C=O) groups is 2. The van der Waals surface area contributed by atoms with E-state index in [1.807, 2.05) is 11.0 Å². The van der Waals surface area contributed by atoms with Gasteiger partial charge in [0.05, 0.1) is 6.54 Å². The van der Waals surface area contributed by atoms with E-state index in [1.54, 1.807) is 12.3 Å². The predicted octanol–water partition coefficient (Wildman–Crippen LogP) is 1.24. The molecule has 0 radical (unpaired) electrons. The maximum Gasteiger partial charge on any atom is 0.323 e. The van der Waals surface area contributed by atoms with Gasteiger partial charge in [-0.3, -0.25) is 10.1 Å². The lowest BCUT2D eigenvalue weighted by Gasteiger charge is -2.30. The Morgan fingerprint density at radius 1 is 1.38 bits per heavy atom. The number of urea groups is 1. The van der Waals surface area contributed by atoms with Crippen LogP contribution in [0.4, 0.5) is 10.6 Å². The number of aromatic nitrogens is 1. The molecule has 1 aromatic heterocycles. The van der Waals surface area contributed by atoms with Crippen molar-refractivity contribution in [2.45, 2.75) is 13.0 Å². The Labute approximate surface area is 141 Å². The quantitative estimate of drug-likeness (QED) is 0.906. The maximum absolute atomic E-state index is 12.6. The Morgan fingerprint density at radius 2 is 2.21 bits per heavy atom. The van der Waals surface area contributed by atoms with E-state index in [2.05, 4.69) is 28.8 Å². The number of carbonyl (C=O) groups excluding carboxylic acids is 2. The number of fused-ring (bicyclic) bond motifs is 1. The summed E-state index contributed by atoms with van der Waals surface area (Å²) >= 11 is 0. The van der Waals surface area contributed by atoms with Gasteiger partial charge in [-0.25, -0.2) is 9.78 Å². The molecule has 3 heterocycles. The average molecular weight is 329 g/mol. The molecule has 0 saturated carbocycles. The molecule has 1 fully saturated rings. The molecule has 1 N–H and O–H groups in total. The first-order valence-corrected chi connectivity index (χ1v) is 8.20. The average Bonchev–Trinajstić information content (AvgIpc) is 2.79. The van der Waals surface area contributed by atoms with Crippen molar-refractivity contribution in [2.75, 3.05) is 45.1 Å². The first-order chi connectivity index (χ1) is 11.6. The molecule has 3 amide bonds. The monoisotopic (exact) mass is 329 g/mol.